The lowest BCUT2D eigenvalue weighted by Gasteiger charge is -2.18. The van der Waals surface area contributed by atoms with E-state index in [-0.39, 0.29) is 0 Å². The molecule has 0 unspecified atom stereocenters. The standard InChI is InChI=1S/C13H18N2O/c1-4-11(5-2)15-12-7-6-10(9-14)8-13(12)16-3/h6-8,11,15H,4-5H2,1-3H3. The van der Waals surface area contributed by atoms with Gasteiger partial charge < -0.3 is 10.1 Å². The minimum atomic E-state index is 0.446. The normalized spacial score (nSPS) is 9.94. The molecule has 0 heterocycles. The Hall–Kier alpha value is -1.69. The first kappa shape index (κ1) is 12.4. The molecule has 0 saturated carbocycles. The van der Waals surface area contributed by atoms with Gasteiger partial charge in [-0.2, -0.15) is 5.26 Å². The third kappa shape index (κ3) is 2.90. The molecule has 3 heteroatoms. The van der Waals surface area contributed by atoms with Crippen molar-refractivity contribution in [3.8, 4) is 11.8 Å². The van der Waals surface area contributed by atoms with E-state index >= 15 is 0 Å². The van der Waals surface area contributed by atoms with E-state index in [1.165, 1.54) is 0 Å². The Labute approximate surface area is 97.0 Å². The summed E-state index contributed by atoms with van der Waals surface area (Å²) in [4.78, 5) is 0. The van der Waals surface area contributed by atoms with Gasteiger partial charge in [0.2, 0.25) is 0 Å². The molecule has 86 valence electrons. The quantitative estimate of drug-likeness (QED) is 0.825. The summed E-state index contributed by atoms with van der Waals surface area (Å²) in [6, 6.07) is 8.00. The van der Waals surface area contributed by atoms with Crippen LogP contribution in [0.15, 0.2) is 18.2 Å². The SMILES string of the molecule is CCC(CC)Nc1ccc(C#N)cc1OC. The van der Waals surface area contributed by atoms with Gasteiger partial charge in [0.05, 0.1) is 24.4 Å². The molecule has 1 N–H and O–H groups in total. The second kappa shape index (κ2) is 6.02. The molecule has 3 nitrogen and oxygen atoms in total. The number of hydrogen-bond acceptors (Lipinski definition) is 3. The van der Waals surface area contributed by atoms with Crippen molar-refractivity contribution in [2.24, 2.45) is 0 Å². The zero-order valence-electron chi connectivity index (χ0n) is 10.1. The maximum atomic E-state index is 8.80. The molecule has 0 radical (unpaired) electrons. The fraction of sp³-hybridized carbons (Fsp3) is 0.462. The highest BCUT2D eigenvalue weighted by molar-refractivity contribution is 5.59. The van der Waals surface area contributed by atoms with Crippen molar-refractivity contribution in [2.75, 3.05) is 12.4 Å². The van der Waals surface area contributed by atoms with Crippen LogP contribution < -0.4 is 10.1 Å². The van der Waals surface area contributed by atoms with Gasteiger partial charge in [-0.3, -0.25) is 0 Å². The van der Waals surface area contributed by atoms with E-state index in [1.54, 1.807) is 19.2 Å². The first-order valence-corrected chi connectivity index (χ1v) is 5.59. The maximum Gasteiger partial charge on any atom is 0.143 e. The Morgan fingerprint density at radius 2 is 2.06 bits per heavy atom. The van der Waals surface area contributed by atoms with Gasteiger partial charge >= 0.3 is 0 Å². The summed E-state index contributed by atoms with van der Waals surface area (Å²) in [7, 11) is 1.62. The summed E-state index contributed by atoms with van der Waals surface area (Å²) in [5, 5.41) is 12.2. The molecule has 0 aliphatic heterocycles. The molecule has 1 aromatic carbocycles. The molecule has 0 saturated heterocycles. The van der Waals surface area contributed by atoms with Gasteiger partial charge in [0, 0.05) is 12.1 Å². The summed E-state index contributed by atoms with van der Waals surface area (Å²) < 4.78 is 5.26. The van der Waals surface area contributed by atoms with Gasteiger partial charge in [-0.05, 0) is 25.0 Å². The van der Waals surface area contributed by atoms with Crippen LogP contribution in [0.5, 0.6) is 5.75 Å². The highest BCUT2D eigenvalue weighted by Crippen LogP contribution is 2.26. The summed E-state index contributed by atoms with van der Waals surface area (Å²) in [6.45, 7) is 4.30. The Bertz CT molecular complexity index is 378. The lowest BCUT2D eigenvalue weighted by Crippen LogP contribution is -2.17. The first-order chi connectivity index (χ1) is 7.74. The topological polar surface area (TPSA) is 45.0 Å². The Morgan fingerprint density at radius 3 is 2.56 bits per heavy atom. The van der Waals surface area contributed by atoms with Crippen molar-refractivity contribution in [1.82, 2.24) is 0 Å². The second-order valence-electron chi connectivity index (χ2n) is 3.68. The minimum Gasteiger partial charge on any atom is -0.495 e. The van der Waals surface area contributed by atoms with E-state index < -0.39 is 0 Å². The van der Waals surface area contributed by atoms with Gasteiger partial charge in [-0.15, -0.1) is 0 Å². The number of rotatable bonds is 5. The smallest absolute Gasteiger partial charge is 0.143 e. The predicted octanol–water partition coefficient (Wildman–Crippen LogP) is 3.17. The third-order valence-electron chi connectivity index (χ3n) is 2.68. The van der Waals surface area contributed by atoms with Crippen molar-refractivity contribution in [2.45, 2.75) is 32.7 Å². The van der Waals surface area contributed by atoms with Gasteiger partial charge in [0.15, 0.2) is 0 Å². The number of benzene rings is 1. The molecule has 0 aliphatic rings. The van der Waals surface area contributed by atoms with E-state index in [1.807, 2.05) is 6.07 Å². The largest absolute Gasteiger partial charge is 0.495 e. The Kier molecular flexibility index (Phi) is 4.65. The van der Waals surface area contributed by atoms with Crippen LogP contribution in [-0.4, -0.2) is 13.2 Å². The van der Waals surface area contributed by atoms with Gasteiger partial charge in [0.25, 0.3) is 0 Å². The number of nitrogens with one attached hydrogen (secondary N) is 1. The van der Waals surface area contributed by atoms with E-state index in [4.69, 9.17) is 10.00 Å². The predicted molar refractivity (Wildman–Crippen MR) is 65.7 cm³/mol. The molecular weight excluding hydrogens is 200 g/mol. The van der Waals surface area contributed by atoms with Crippen LogP contribution in [0, 0.1) is 11.3 Å². The summed E-state index contributed by atoms with van der Waals surface area (Å²) >= 11 is 0. The fourth-order valence-corrected chi connectivity index (χ4v) is 1.59. The molecule has 0 amide bonds. The van der Waals surface area contributed by atoms with E-state index in [0.29, 0.717) is 11.6 Å². The monoisotopic (exact) mass is 218 g/mol. The number of methoxy groups -OCH3 is 1. The molecule has 0 fully saturated rings. The molecular formula is C13H18N2O. The number of hydrogen-bond donors (Lipinski definition) is 1. The zero-order valence-corrected chi connectivity index (χ0v) is 10.1. The summed E-state index contributed by atoms with van der Waals surface area (Å²) in [6.07, 6.45) is 2.14. The number of anilines is 1. The molecule has 0 aliphatic carbocycles. The van der Waals surface area contributed by atoms with Crippen molar-refractivity contribution in [1.29, 1.82) is 5.26 Å². The molecule has 0 spiro atoms. The Morgan fingerprint density at radius 1 is 1.38 bits per heavy atom. The molecule has 1 rings (SSSR count). The van der Waals surface area contributed by atoms with Crippen LogP contribution in [0.2, 0.25) is 0 Å². The summed E-state index contributed by atoms with van der Waals surface area (Å²) in [5.74, 6) is 0.728. The molecule has 0 bridgehead atoms. The van der Waals surface area contributed by atoms with Gasteiger partial charge in [-0.1, -0.05) is 13.8 Å². The van der Waals surface area contributed by atoms with E-state index in [9.17, 15) is 0 Å². The Balaban J connectivity index is 2.91. The van der Waals surface area contributed by atoms with Gasteiger partial charge in [0.1, 0.15) is 5.75 Å². The third-order valence-corrected chi connectivity index (χ3v) is 2.68. The van der Waals surface area contributed by atoms with Crippen LogP contribution in [0.3, 0.4) is 0 Å². The molecule has 0 atom stereocenters. The van der Waals surface area contributed by atoms with Crippen molar-refractivity contribution >= 4 is 5.69 Å². The summed E-state index contributed by atoms with van der Waals surface area (Å²) in [5.41, 5.74) is 1.57. The lowest BCUT2D eigenvalue weighted by atomic mass is 10.1. The second-order valence-corrected chi connectivity index (χ2v) is 3.68. The van der Waals surface area contributed by atoms with Crippen molar-refractivity contribution in [3.05, 3.63) is 23.8 Å². The number of ether oxygens (including phenoxy) is 1. The van der Waals surface area contributed by atoms with Crippen LogP contribution in [0.4, 0.5) is 5.69 Å². The van der Waals surface area contributed by atoms with Crippen molar-refractivity contribution < 1.29 is 4.74 Å². The van der Waals surface area contributed by atoms with Crippen LogP contribution >= 0.6 is 0 Å². The van der Waals surface area contributed by atoms with Gasteiger partial charge in [-0.25, -0.2) is 0 Å². The zero-order chi connectivity index (χ0) is 12.0. The molecule has 0 aromatic heterocycles. The van der Waals surface area contributed by atoms with Crippen LogP contribution in [0.1, 0.15) is 32.3 Å². The van der Waals surface area contributed by atoms with Crippen LogP contribution in [0.25, 0.3) is 0 Å². The highest BCUT2D eigenvalue weighted by atomic mass is 16.5. The maximum absolute atomic E-state index is 8.80. The minimum absolute atomic E-state index is 0.446. The number of nitriles is 1. The van der Waals surface area contributed by atoms with Crippen LogP contribution in [-0.2, 0) is 0 Å². The van der Waals surface area contributed by atoms with E-state index in [0.717, 1.165) is 24.3 Å². The highest BCUT2D eigenvalue weighted by Gasteiger charge is 2.08. The molecule has 16 heavy (non-hydrogen) atoms. The first-order valence-electron chi connectivity index (χ1n) is 5.59. The molecule has 1 aromatic rings. The lowest BCUT2D eigenvalue weighted by molar-refractivity contribution is 0.415. The van der Waals surface area contributed by atoms with Crippen molar-refractivity contribution in [3.63, 3.8) is 0 Å². The fourth-order valence-electron chi connectivity index (χ4n) is 1.59. The number of nitrogens with zero attached hydrogens (tertiary/aromatic N) is 1. The van der Waals surface area contributed by atoms with E-state index in [2.05, 4.69) is 25.2 Å². The average molecular weight is 218 g/mol. The average Bonchev–Trinajstić information content (AvgIpc) is 2.35.